The number of thioether (sulfide) groups is 1. The predicted molar refractivity (Wildman–Crippen MR) is 92.6 cm³/mol. The monoisotopic (exact) mass is 329 g/mol. The van der Waals surface area contributed by atoms with E-state index < -0.39 is 0 Å². The molecule has 6 heteroatoms. The highest BCUT2D eigenvalue weighted by atomic mass is 35.5. The molecule has 2 N–H and O–H groups in total. The van der Waals surface area contributed by atoms with Crippen molar-refractivity contribution in [3.8, 4) is 0 Å². The van der Waals surface area contributed by atoms with Crippen molar-refractivity contribution in [2.45, 2.75) is 38.4 Å². The van der Waals surface area contributed by atoms with Crippen LogP contribution in [-0.4, -0.2) is 35.0 Å². The Bertz CT molecular complexity index is 470. The Labute approximate surface area is 136 Å². The van der Waals surface area contributed by atoms with Gasteiger partial charge < -0.3 is 10.6 Å². The topological polar surface area (TPSA) is 54.0 Å². The largest absolute Gasteiger partial charge is 0.370 e. The summed E-state index contributed by atoms with van der Waals surface area (Å²) >= 11 is 7.88. The van der Waals surface area contributed by atoms with Gasteiger partial charge in [0.2, 0.25) is 0 Å². The molecule has 0 atom stereocenters. The van der Waals surface area contributed by atoms with Gasteiger partial charge in [0, 0.05) is 17.8 Å². The number of amides is 1. The molecule has 1 aromatic rings. The molecular formula is C15H24ClN3OS. The van der Waals surface area contributed by atoms with Crippen LogP contribution in [0.3, 0.4) is 0 Å². The number of anilines is 1. The maximum atomic E-state index is 12.3. The van der Waals surface area contributed by atoms with E-state index in [4.69, 9.17) is 11.6 Å². The van der Waals surface area contributed by atoms with Crippen LogP contribution in [0.15, 0.2) is 12.1 Å². The number of nitrogens with zero attached hydrogens (tertiary/aromatic N) is 1. The number of hydrogen-bond donors (Lipinski definition) is 2. The lowest BCUT2D eigenvalue weighted by Crippen LogP contribution is -2.40. The van der Waals surface area contributed by atoms with Crippen molar-refractivity contribution in [2.75, 3.05) is 24.7 Å². The van der Waals surface area contributed by atoms with Crippen LogP contribution in [-0.2, 0) is 0 Å². The van der Waals surface area contributed by atoms with Crippen molar-refractivity contribution in [3.63, 3.8) is 0 Å². The third-order valence-corrected chi connectivity index (χ3v) is 5.60. The first-order chi connectivity index (χ1) is 10.0. The zero-order chi connectivity index (χ0) is 15.9. The Morgan fingerprint density at radius 2 is 2.00 bits per heavy atom. The van der Waals surface area contributed by atoms with E-state index in [1.165, 1.54) is 0 Å². The van der Waals surface area contributed by atoms with Crippen LogP contribution in [0.25, 0.3) is 0 Å². The lowest BCUT2D eigenvalue weighted by Gasteiger charge is -2.29. The smallest absolute Gasteiger partial charge is 0.271 e. The molecule has 0 aliphatic heterocycles. The van der Waals surface area contributed by atoms with E-state index in [2.05, 4.69) is 35.7 Å². The number of rotatable bonds is 8. The first-order valence-electron chi connectivity index (χ1n) is 7.25. The molecule has 21 heavy (non-hydrogen) atoms. The fraction of sp³-hybridized carbons (Fsp3) is 0.600. The van der Waals surface area contributed by atoms with Gasteiger partial charge >= 0.3 is 0 Å². The molecule has 0 aliphatic carbocycles. The van der Waals surface area contributed by atoms with E-state index >= 15 is 0 Å². The Balaban J connectivity index is 2.82. The second kappa shape index (κ2) is 8.49. The van der Waals surface area contributed by atoms with Crippen LogP contribution in [0.4, 0.5) is 5.82 Å². The van der Waals surface area contributed by atoms with E-state index in [1.807, 2.05) is 6.92 Å². The number of aromatic nitrogens is 1. The quantitative estimate of drug-likeness (QED) is 0.761. The number of carbonyl (C=O) groups is 1. The van der Waals surface area contributed by atoms with Gasteiger partial charge in [0.1, 0.15) is 11.5 Å². The van der Waals surface area contributed by atoms with Crippen molar-refractivity contribution in [3.05, 3.63) is 22.8 Å². The molecule has 0 radical (unpaired) electrons. The van der Waals surface area contributed by atoms with Crippen LogP contribution in [0, 0.1) is 0 Å². The molecule has 0 spiro atoms. The fourth-order valence-electron chi connectivity index (χ4n) is 2.07. The molecule has 4 nitrogen and oxygen atoms in total. The summed E-state index contributed by atoms with van der Waals surface area (Å²) in [6.45, 7) is 7.62. The van der Waals surface area contributed by atoms with Gasteiger partial charge in [0.15, 0.2) is 0 Å². The minimum atomic E-state index is -0.222. The molecule has 0 unspecified atom stereocenters. The number of hydrogen-bond acceptors (Lipinski definition) is 4. The van der Waals surface area contributed by atoms with Gasteiger partial charge in [0.05, 0.1) is 5.02 Å². The molecule has 0 saturated carbocycles. The summed E-state index contributed by atoms with van der Waals surface area (Å²) in [5.41, 5.74) is 0.275. The Hall–Kier alpha value is -0.940. The van der Waals surface area contributed by atoms with Gasteiger partial charge in [0.25, 0.3) is 5.91 Å². The van der Waals surface area contributed by atoms with Crippen molar-refractivity contribution >= 4 is 35.1 Å². The summed E-state index contributed by atoms with van der Waals surface area (Å²) in [6, 6.07) is 3.47. The zero-order valence-corrected chi connectivity index (χ0v) is 14.7. The lowest BCUT2D eigenvalue weighted by molar-refractivity contribution is 0.0944. The summed E-state index contributed by atoms with van der Waals surface area (Å²) in [5, 5.41) is 6.42. The Morgan fingerprint density at radius 1 is 1.33 bits per heavy atom. The van der Waals surface area contributed by atoms with Gasteiger partial charge in [-0.05, 0) is 38.2 Å². The number of nitrogens with one attached hydrogen (secondary N) is 2. The van der Waals surface area contributed by atoms with Crippen molar-refractivity contribution in [1.29, 1.82) is 0 Å². The van der Waals surface area contributed by atoms with E-state index in [1.54, 1.807) is 23.9 Å². The molecule has 118 valence electrons. The first-order valence-corrected chi connectivity index (χ1v) is 8.86. The molecule has 0 aromatic carbocycles. The van der Waals surface area contributed by atoms with Crippen LogP contribution in [0.2, 0.25) is 5.02 Å². The molecule has 1 amide bonds. The predicted octanol–water partition coefficient (Wildman–Crippen LogP) is 3.82. The highest BCUT2D eigenvalue weighted by Gasteiger charge is 2.26. The van der Waals surface area contributed by atoms with Crippen LogP contribution in [0.1, 0.15) is 44.1 Å². The summed E-state index contributed by atoms with van der Waals surface area (Å²) in [6.07, 6.45) is 4.09. The lowest BCUT2D eigenvalue weighted by atomic mass is 10.0. The molecule has 0 fully saturated rings. The number of halogens is 1. The highest BCUT2D eigenvalue weighted by molar-refractivity contribution is 8.00. The number of pyridine rings is 1. The summed E-state index contributed by atoms with van der Waals surface area (Å²) in [5.74, 6) is 0.439. The van der Waals surface area contributed by atoms with Gasteiger partial charge in [-0.15, -0.1) is 0 Å². The van der Waals surface area contributed by atoms with Crippen molar-refractivity contribution in [1.82, 2.24) is 10.3 Å². The molecule has 1 aromatic heterocycles. The Morgan fingerprint density at radius 3 is 2.52 bits per heavy atom. The van der Waals surface area contributed by atoms with Gasteiger partial charge in [-0.1, -0.05) is 25.4 Å². The van der Waals surface area contributed by atoms with E-state index in [-0.39, 0.29) is 16.3 Å². The first kappa shape index (κ1) is 18.1. The van der Waals surface area contributed by atoms with E-state index in [0.29, 0.717) is 17.4 Å². The van der Waals surface area contributed by atoms with Gasteiger partial charge in [-0.25, -0.2) is 4.98 Å². The summed E-state index contributed by atoms with van der Waals surface area (Å²) < 4.78 is 0.0708. The molecule has 0 saturated heterocycles. The van der Waals surface area contributed by atoms with Crippen molar-refractivity contribution < 1.29 is 4.79 Å². The maximum Gasteiger partial charge on any atom is 0.271 e. The zero-order valence-electron chi connectivity index (χ0n) is 13.1. The molecule has 1 rings (SSSR count). The van der Waals surface area contributed by atoms with Gasteiger partial charge in [-0.2, -0.15) is 11.8 Å². The normalized spacial score (nSPS) is 11.3. The second-order valence-electron chi connectivity index (χ2n) is 4.83. The summed E-state index contributed by atoms with van der Waals surface area (Å²) in [7, 11) is 0. The average molecular weight is 330 g/mol. The molecular weight excluding hydrogens is 306 g/mol. The van der Waals surface area contributed by atoms with Crippen LogP contribution >= 0.6 is 23.4 Å². The SMILES string of the molecule is CCNc1ccc(Cl)c(C(=O)NCC(CC)(CC)SC)n1. The van der Waals surface area contributed by atoms with Gasteiger partial charge in [-0.3, -0.25) is 4.79 Å². The maximum absolute atomic E-state index is 12.3. The minimum absolute atomic E-state index is 0.0708. The standard InChI is InChI=1S/C15H24ClN3OS/c1-5-15(6-2,21-4)10-18-14(20)13-11(16)8-9-12(19-13)17-7-3/h8-9H,5-7,10H2,1-4H3,(H,17,19)(H,18,20). The Kier molecular flexibility index (Phi) is 7.32. The average Bonchev–Trinajstić information content (AvgIpc) is 2.51. The highest BCUT2D eigenvalue weighted by Crippen LogP contribution is 2.29. The number of carbonyl (C=O) groups excluding carboxylic acids is 1. The summed E-state index contributed by atoms with van der Waals surface area (Å²) in [4.78, 5) is 16.6. The molecule has 0 bridgehead atoms. The minimum Gasteiger partial charge on any atom is -0.370 e. The third-order valence-electron chi connectivity index (χ3n) is 3.71. The molecule has 0 aliphatic rings. The van der Waals surface area contributed by atoms with Crippen LogP contribution < -0.4 is 10.6 Å². The molecule has 1 heterocycles. The third kappa shape index (κ3) is 4.78. The van der Waals surface area contributed by atoms with Crippen molar-refractivity contribution in [2.24, 2.45) is 0 Å². The fourth-order valence-corrected chi connectivity index (χ4v) is 3.05. The van der Waals surface area contributed by atoms with E-state index in [9.17, 15) is 4.79 Å². The van der Waals surface area contributed by atoms with E-state index in [0.717, 1.165) is 19.4 Å². The second-order valence-corrected chi connectivity index (χ2v) is 6.52. The van der Waals surface area contributed by atoms with Crippen LogP contribution in [0.5, 0.6) is 0 Å².